The van der Waals surface area contributed by atoms with Gasteiger partial charge in [0.15, 0.2) is 5.78 Å². The van der Waals surface area contributed by atoms with Crippen molar-refractivity contribution in [3.8, 4) is 5.75 Å². The van der Waals surface area contributed by atoms with Crippen LogP contribution in [-0.4, -0.2) is 25.6 Å². The smallest absolute Gasteiger partial charge is 0.188 e. The summed E-state index contributed by atoms with van der Waals surface area (Å²) in [4.78, 5) is 12.2. The van der Waals surface area contributed by atoms with Gasteiger partial charge in [0.2, 0.25) is 0 Å². The van der Waals surface area contributed by atoms with Crippen molar-refractivity contribution in [2.75, 3.05) is 13.7 Å². The highest BCUT2D eigenvalue weighted by molar-refractivity contribution is 6.32. The Morgan fingerprint density at radius 1 is 1.33 bits per heavy atom. The van der Waals surface area contributed by atoms with E-state index in [2.05, 4.69) is 6.92 Å². The number of rotatable bonds is 6. The third kappa shape index (κ3) is 4.21. The van der Waals surface area contributed by atoms with Crippen LogP contribution in [0, 0.1) is 5.92 Å². The molecule has 116 valence electrons. The second-order valence-corrected chi connectivity index (χ2v) is 5.98. The van der Waals surface area contributed by atoms with Crippen LogP contribution in [0.4, 0.5) is 0 Å². The largest absolute Gasteiger partial charge is 0.495 e. The number of ketones is 1. The molecule has 21 heavy (non-hydrogen) atoms. The van der Waals surface area contributed by atoms with Crippen molar-refractivity contribution in [1.29, 1.82) is 0 Å². The second-order valence-electron chi connectivity index (χ2n) is 5.57. The van der Waals surface area contributed by atoms with Crippen molar-refractivity contribution in [3.05, 3.63) is 28.8 Å². The Labute approximate surface area is 131 Å². The van der Waals surface area contributed by atoms with Crippen molar-refractivity contribution in [2.24, 2.45) is 5.92 Å². The first kappa shape index (κ1) is 16.3. The SMILES string of the molecule is CCC1CCCCC1OCC(=O)c1ccc(OC)c(Cl)c1. The van der Waals surface area contributed by atoms with Crippen LogP contribution >= 0.6 is 11.6 Å². The van der Waals surface area contributed by atoms with E-state index in [1.807, 2.05) is 0 Å². The normalized spacial score (nSPS) is 22.0. The summed E-state index contributed by atoms with van der Waals surface area (Å²) in [6, 6.07) is 5.09. The molecule has 2 rings (SSSR count). The molecule has 2 atom stereocenters. The lowest BCUT2D eigenvalue weighted by atomic mass is 9.85. The molecular weight excluding hydrogens is 288 g/mol. The van der Waals surface area contributed by atoms with Gasteiger partial charge in [-0.25, -0.2) is 0 Å². The molecule has 1 fully saturated rings. The van der Waals surface area contributed by atoms with E-state index >= 15 is 0 Å². The van der Waals surface area contributed by atoms with Crippen LogP contribution in [0.2, 0.25) is 5.02 Å². The molecule has 0 bridgehead atoms. The van der Waals surface area contributed by atoms with Gasteiger partial charge in [-0.15, -0.1) is 0 Å². The molecule has 3 nitrogen and oxygen atoms in total. The predicted octanol–water partition coefficient (Wildman–Crippen LogP) is 4.52. The number of hydrogen-bond acceptors (Lipinski definition) is 3. The number of methoxy groups -OCH3 is 1. The second kappa shape index (κ2) is 7.81. The van der Waals surface area contributed by atoms with Gasteiger partial charge in [0, 0.05) is 5.56 Å². The van der Waals surface area contributed by atoms with Gasteiger partial charge in [-0.3, -0.25) is 4.79 Å². The molecule has 1 aromatic carbocycles. The Balaban J connectivity index is 1.93. The minimum absolute atomic E-state index is 0.0278. The summed E-state index contributed by atoms with van der Waals surface area (Å²) in [5, 5.41) is 0.451. The average Bonchev–Trinajstić information content (AvgIpc) is 2.52. The van der Waals surface area contributed by atoms with E-state index in [-0.39, 0.29) is 18.5 Å². The van der Waals surface area contributed by atoms with Crippen LogP contribution in [0.15, 0.2) is 18.2 Å². The molecule has 0 aliphatic heterocycles. The number of ether oxygens (including phenoxy) is 2. The Bertz CT molecular complexity index is 487. The van der Waals surface area contributed by atoms with Gasteiger partial charge in [0.1, 0.15) is 12.4 Å². The molecule has 0 amide bonds. The van der Waals surface area contributed by atoms with Crippen LogP contribution in [0.3, 0.4) is 0 Å². The molecule has 0 saturated heterocycles. The highest BCUT2D eigenvalue weighted by Gasteiger charge is 2.25. The lowest BCUT2D eigenvalue weighted by Gasteiger charge is -2.30. The maximum absolute atomic E-state index is 12.2. The fraction of sp³-hybridized carbons (Fsp3) is 0.588. The summed E-state index contributed by atoms with van der Waals surface area (Å²) in [7, 11) is 1.56. The standard InChI is InChI=1S/C17H23ClO3/c1-3-12-6-4-5-7-16(12)21-11-15(19)13-8-9-17(20-2)14(18)10-13/h8-10,12,16H,3-7,11H2,1-2H3. The van der Waals surface area contributed by atoms with Crippen molar-refractivity contribution >= 4 is 17.4 Å². The topological polar surface area (TPSA) is 35.5 Å². The number of halogens is 1. The minimum atomic E-state index is -0.0278. The fourth-order valence-corrected chi connectivity index (χ4v) is 3.22. The van der Waals surface area contributed by atoms with Gasteiger partial charge < -0.3 is 9.47 Å². The number of Topliss-reactive ketones (excluding diaryl/α,β-unsaturated/α-hetero) is 1. The van der Waals surface area contributed by atoms with Gasteiger partial charge in [-0.1, -0.05) is 37.8 Å². The molecule has 0 aromatic heterocycles. The summed E-state index contributed by atoms with van der Waals surface area (Å²) >= 11 is 6.05. The lowest BCUT2D eigenvalue weighted by Crippen LogP contribution is -2.29. The zero-order chi connectivity index (χ0) is 15.2. The number of carbonyl (C=O) groups excluding carboxylic acids is 1. The lowest BCUT2D eigenvalue weighted by molar-refractivity contribution is -0.00570. The fourth-order valence-electron chi connectivity index (χ4n) is 2.97. The quantitative estimate of drug-likeness (QED) is 0.725. The van der Waals surface area contributed by atoms with Crippen molar-refractivity contribution in [2.45, 2.75) is 45.1 Å². The summed E-state index contributed by atoms with van der Waals surface area (Å²) in [6.45, 7) is 2.32. The third-order valence-corrected chi connectivity index (χ3v) is 4.56. The molecule has 2 unspecified atom stereocenters. The highest BCUT2D eigenvalue weighted by Crippen LogP contribution is 2.29. The van der Waals surface area contributed by atoms with E-state index in [1.54, 1.807) is 25.3 Å². The van der Waals surface area contributed by atoms with Crippen LogP contribution in [0.1, 0.15) is 49.4 Å². The predicted molar refractivity (Wildman–Crippen MR) is 84.3 cm³/mol. The first-order valence-electron chi connectivity index (χ1n) is 7.64. The molecule has 1 aliphatic carbocycles. The zero-order valence-corrected chi connectivity index (χ0v) is 13.5. The molecule has 1 aliphatic rings. The summed E-state index contributed by atoms with van der Waals surface area (Å²) in [5.41, 5.74) is 0.574. The Hall–Kier alpha value is -1.06. The minimum Gasteiger partial charge on any atom is -0.495 e. The first-order chi connectivity index (χ1) is 10.2. The molecule has 0 heterocycles. The number of hydrogen-bond donors (Lipinski definition) is 0. The zero-order valence-electron chi connectivity index (χ0n) is 12.7. The number of benzene rings is 1. The van der Waals surface area contributed by atoms with Crippen LogP contribution in [-0.2, 0) is 4.74 Å². The monoisotopic (exact) mass is 310 g/mol. The molecule has 0 spiro atoms. The Morgan fingerprint density at radius 3 is 2.76 bits per heavy atom. The number of carbonyl (C=O) groups is 1. The molecule has 4 heteroatoms. The van der Waals surface area contributed by atoms with Gasteiger partial charge in [-0.2, -0.15) is 0 Å². The molecule has 0 radical (unpaired) electrons. The van der Waals surface area contributed by atoms with Gasteiger partial charge >= 0.3 is 0 Å². The first-order valence-corrected chi connectivity index (χ1v) is 8.01. The van der Waals surface area contributed by atoms with Crippen LogP contribution in [0.5, 0.6) is 5.75 Å². The molecule has 0 N–H and O–H groups in total. The van der Waals surface area contributed by atoms with Crippen molar-refractivity contribution in [3.63, 3.8) is 0 Å². The van der Waals surface area contributed by atoms with Crippen molar-refractivity contribution < 1.29 is 14.3 Å². The average molecular weight is 311 g/mol. The molecule has 1 aromatic rings. The van der Waals surface area contributed by atoms with E-state index in [0.29, 0.717) is 22.3 Å². The van der Waals surface area contributed by atoms with E-state index in [0.717, 1.165) is 12.8 Å². The Morgan fingerprint density at radius 2 is 2.10 bits per heavy atom. The van der Waals surface area contributed by atoms with Crippen LogP contribution in [0.25, 0.3) is 0 Å². The van der Waals surface area contributed by atoms with E-state index in [1.165, 1.54) is 19.3 Å². The van der Waals surface area contributed by atoms with E-state index in [4.69, 9.17) is 21.1 Å². The summed E-state index contributed by atoms with van der Waals surface area (Å²) in [6.07, 6.45) is 6.09. The highest BCUT2D eigenvalue weighted by atomic mass is 35.5. The maximum atomic E-state index is 12.2. The van der Waals surface area contributed by atoms with E-state index < -0.39 is 0 Å². The van der Waals surface area contributed by atoms with Gasteiger partial charge in [-0.05, 0) is 37.0 Å². The van der Waals surface area contributed by atoms with Crippen molar-refractivity contribution in [1.82, 2.24) is 0 Å². The van der Waals surface area contributed by atoms with Gasteiger partial charge in [0.25, 0.3) is 0 Å². The molecule has 1 saturated carbocycles. The summed E-state index contributed by atoms with van der Waals surface area (Å²) < 4.78 is 11.0. The summed E-state index contributed by atoms with van der Waals surface area (Å²) in [5.74, 6) is 1.14. The van der Waals surface area contributed by atoms with Gasteiger partial charge in [0.05, 0.1) is 18.2 Å². The third-order valence-electron chi connectivity index (χ3n) is 4.27. The van der Waals surface area contributed by atoms with Crippen LogP contribution < -0.4 is 4.74 Å². The Kier molecular flexibility index (Phi) is 6.07. The maximum Gasteiger partial charge on any atom is 0.188 e. The molecular formula is C17H23ClO3. The van der Waals surface area contributed by atoms with E-state index in [9.17, 15) is 4.79 Å².